The predicted molar refractivity (Wildman–Crippen MR) is 127 cm³/mol. The first-order chi connectivity index (χ1) is 16.8. The zero-order chi connectivity index (χ0) is 25.4. The van der Waals surface area contributed by atoms with Gasteiger partial charge in [0, 0.05) is 39.5 Å². The third-order valence-corrected chi connectivity index (χ3v) is 5.89. The molecule has 2 aromatic rings. The Labute approximate surface area is 205 Å². The van der Waals surface area contributed by atoms with Crippen molar-refractivity contribution in [2.24, 2.45) is 0 Å². The molecule has 1 aromatic carbocycles. The summed E-state index contributed by atoms with van der Waals surface area (Å²) in [4.78, 5) is 40.9. The third-order valence-electron chi connectivity index (χ3n) is 5.89. The van der Waals surface area contributed by atoms with Crippen LogP contribution in [0, 0.1) is 0 Å². The zero-order valence-electron chi connectivity index (χ0n) is 20.7. The number of rotatable bonds is 9. The highest BCUT2D eigenvalue weighted by Crippen LogP contribution is 2.28. The molecule has 0 spiro atoms. The van der Waals surface area contributed by atoms with Crippen LogP contribution < -0.4 is 14.8 Å². The Morgan fingerprint density at radius 1 is 1.00 bits per heavy atom. The van der Waals surface area contributed by atoms with Gasteiger partial charge in [-0.15, -0.1) is 0 Å². The van der Waals surface area contributed by atoms with E-state index in [1.54, 1.807) is 37.3 Å². The van der Waals surface area contributed by atoms with Crippen LogP contribution in [0.25, 0.3) is 0 Å². The van der Waals surface area contributed by atoms with Crippen molar-refractivity contribution >= 4 is 17.8 Å². The number of carbonyl (C=O) groups excluding carboxylic acids is 3. The lowest BCUT2D eigenvalue weighted by atomic mass is 10.0. The van der Waals surface area contributed by atoms with Crippen LogP contribution in [0.15, 0.2) is 34.7 Å². The summed E-state index contributed by atoms with van der Waals surface area (Å²) in [6.07, 6.45) is 1.11. The van der Waals surface area contributed by atoms with Gasteiger partial charge in [0.1, 0.15) is 11.8 Å². The Morgan fingerprint density at radius 3 is 2.46 bits per heavy atom. The highest BCUT2D eigenvalue weighted by Gasteiger charge is 2.28. The first-order valence-corrected chi connectivity index (χ1v) is 11.5. The number of hydrogen-bond donors (Lipinski definition) is 1. The highest BCUT2D eigenvalue weighted by molar-refractivity contribution is 5.87. The normalized spacial score (nSPS) is 15.1. The maximum absolute atomic E-state index is 13.4. The van der Waals surface area contributed by atoms with Crippen LogP contribution in [0.2, 0.25) is 0 Å². The van der Waals surface area contributed by atoms with E-state index >= 15 is 0 Å². The number of amides is 2. The monoisotopic (exact) mass is 487 g/mol. The van der Waals surface area contributed by atoms with Gasteiger partial charge in [0.2, 0.25) is 17.6 Å². The number of methoxy groups -OCH3 is 3. The van der Waals surface area contributed by atoms with Crippen LogP contribution in [-0.4, -0.2) is 81.1 Å². The summed E-state index contributed by atoms with van der Waals surface area (Å²) in [6.45, 7) is 4.46. The fraction of sp³-hybridized carbons (Fsp3) is 0.480. The van der Waals surface area contributed by atoms with Crippen molar-refractivity contribution in [1.29, 1.82) is 0 Å². The summed E-state index contributed by atoms with van der Waals surface area (Å²) in [5, 5.41) is 2.81. The Morgan fingerprint density at radius 2 is 1.77 bits per heavy atom. The topological polar surface area (TPSA) is 111 Å². The van der Waals surface area contributed by atoms with E-state index in [0.717, 1.165) is 18.5 Å². The molecule has 2 amide bonds. The predicted octanol–water partition coefficient (Wildman–Crippen LogP) is 1.87. The molecule has 0 radical (unpaired) electrons. The lowest BCUT2D eigenvalue weighted by Crippen LogP contribution is -2.50. The van der Waals surface area contributed by atoms with Crippen molar-refractivity contribution < 1.29 is 33.0 Å². The number of esters is 1. The average Bonchev–Trinajstić information content (AvgIpc) is 3.19. The van der Waals surface area contributed by atoms with Gasteiger partial charge in [-0.2, -0.15) is 0 Å². The third kappa shape index (κ3) is 6.98. The van der Waals surface area contributed by atoms with Gasteiger partial charge in [0.05, 0.1) is 27.9 Å². The van der Waals surface area contributed by atoms with Crippen molar-refractivity contribution in [3.05, 3.63) is 47.4 Å². The first kappa shape index (κ1) is 26.1. The van der Waals surface area contributed by atoms with Crippen molar-refractivity contribution in [3.63, 3.8) is 0 Å². The van der Waals surface area contributed by atoms with Gasteiger partial charge in [-0.3, -0.25) is 14.5 Å². The minimum Gasteiger partial charge on any atom is -0.493 e. The highest BCUT2D eigenvalue weighted by atomic mass is 16.5. The SMILES string of the molecule is COC(=O)c1ccc(CN2CCCN(C(=O)C(Cc3ccc(OC)c(OC)c3)NC(C)=O)CC2)o1. The van der Waals surface area contributed by atoms with Gasteiger partial charge >= 0.3 is 5.97 Å². The zero-order valence-corrected chi connectivity index (χ0v) is 20.7. The number of nitrogens with zero attached hydrogens (tertiary/aromatic N) is 2. The van der Waals surface area contributed by atoms with Crippen molar-refractivity contribution in [1.82, 2.24) is 15.1 Å². The van der Waals surface area contributed by atoms with E-state index in [2.05, 4.69) is 15.0 Å². The molecule has 0 saturated carbocycles. The molecule has 35 heavy (non-hydrogen) atoms. The number of carbonyl (C=O) groups is 3. The fourth-order valence-corrected chi connectivity index (χ4v) is 4.15. The quantitative estimate of drug-likeness (QED) is 0.534. The summed E-state index contributed by atoms with van der Waals surface area (Å²) in [5.41, 5.74) is 0.852. The van der Waals surface area contributed by atoms with E-state index in [0.29, 0.717) is 49.9 Å². The second kappa shape index (κ2) is 12.3. The van der Waals surface area contributed by atoms with Gasteiger partial charge in [0.25, 0.3) is 0 Å². The maximum atomic E-state index is 13.4. The number of nitrogens with one attached hydrogen (secondary N) is 1. The van der Waals surface area contributed by atoms with Crippen LogP contribution in [0.1, 0.15) is 35.2 Å². The minimum absolute atomic E-state index is 0.122. The molecule has 1 atom stereocenters. The van der Waals surface area contributed by atoms with Gasteiger partial charge in [-0.05, 0) is 36.2 Å². The Hall–Kier alpha value is -3.53. The summed E-state index contributed by atoms with van der Waals surface area (Å²) in [5.74, 6) is 1.10. The summed E-state index contributed by atoms with van der Waals surface area (Å²) in [6, 6.07) is 8.13. The Bertz CT molecular complexity index is 1040. The smallest absolute Gasteiger partial charge is 0.373 e. The van der Waals surface area contributed by atoms with Gasteiger partial charge in [0.15, 0.2) is 11.5 Å². The Kier molecular flexibility index (Phi) is 9.13. The van der Waals surface area contributed by atoms with E-state index < -0.39 is 12.0 Å². The van der Waals surface area contributed by atoms with Crippen LogP contribution in [-0.2, 0) is 27.3 Å². The lowest BCUT2D eigenvalue weighted by molar-refractivity contribution is -0.136. The molecule has 1 aliphatic rings. The molecule has 0 aliphatic carbocycles. The average molecular weight is 488 g/mol. The molecule has 0 bridgehead atoms. The molecule has 10 nitrogen and oxygen atoms in total. The maximum Gasteiger partial charge on any atom is 0.373 e. The van der Waals surface area contributed by atoms with Crippen LogP contribution >= 0.6 is 0 Å². The molecular formula is C25H33N3O7. The summed E-state index contributed by atoms with van der Waals surface area (Å²) in [7, 11) is 4.43. The molecular weight excluding hydrogens is 454 g/mol. The largest absolute Gasteiger partial charge is 0.493 e. The molecule has 1 fully saturated rings. The first-order valence-electron chi connectivity index (χ1n) is 11.5. The van der Waals surface area contributed by atoms with E-state index in [1.165, 1.54) is 14.0 Å². The molecule has 3 rings (SSSR count). The second-order valence-corrected chi connectivity index (χ2v) is 8.36. The van der Waals surface area contributed by atoms with Crippen LogP contribution in [0.3, 0.4) is 0 Å². The molecule has 1 saturated heterocycles. The standard InChI is InChI=1S/C25H33N3O7/c1-17(29)26-20(14-18-6-8-21(32-2)23(15-18)33-3)24(30)28-11-5-10-27(12-13-28)16-19-7-9-22(35-19)25(31)34-4/h6-9,15,20H,5,10-14,16H2,1-4H3,(H,26,29). The van der Waals surface area contributed by atoms with Crippen LogP contribution in [0.4, 0.5) is 0 Å². The van der Waals surface area contributed by atoms with Gasteiger partial charge in [-0.1, -0.05) is 6.07 Å². The molecule has 190 valence electrons. The van der Waals surface area contributed by atoms with E-state index in [-0.39, 0.29) is 17.6 Å². The van der Waals surface area contributed by atoms with Gasteiger partial charge in [-0.25, -0.2) is 4.79 Å². The van der Waals surface area contributed by atoms with Crippen LogP contribution in [0.5, 0.6) is 11.5 Å². The molecule has 1 unspecified atom stereocenters. The van der Waals surface area contributed by atoms with E-state index in [4.69, 9.17) is 13.9 Å². The van der Waals surface area contributed by atoms with Crippen molar-refractivity contribution in [2.75, 3.05) is 47.5 Å². The van der Waals surface area contributed by atoms with E-state index in [9.17, 15) is 14.4 Å². The number of furan rings is 1. The molecule has 1 aromatic heterocycles. The van der Waals surface area contributed by atoms with Crippen molar-refractivity contribution in [3.8, 4) is 11.5 Å². The molecule has 1 aliphatic heterocycles. The molecule has 10 heteroatoms. The summed E-state index contributed by atoms with van der Waals surface area (Å²) >= 11 is 0. The lowest BCUT2D eigenvalue weighted by Gasteiger charge is -2.27. The minimum atomic E-state index is -0.690. The second-order valence-electron chi connectivity index (χ2n) is 8.36. The molecule has 2 heterocycles. The fourth-order valence-electron chi connectivity index (χ4n) is 4.15. The number of benzene rings is 1. The number of ether oxygens (including phenoxy) is 3. The molecule has 1 N–H and O–H groups in total. The van der Waals surface area contributed by atoms with Gasteiger partial charge < -0.3 is 28.8 Å². The van der Waals surface area contributed by atoms with E-state index in [1.807, 2.05) is 12.1 Å². The number of hydrogen-bond acceptors (Lipinski definition) is 8. The Balaban J connectivity index is 1.64. The summed E-state index contributed by atoms with van der Waals surface area (Å²) < 4.78 is 20.9. The van der Waals surface area contributed by atoms with Crippen molar-refractivity contribution in [2.45, 2.75) is 32.4 Å².